The molecule has 0 saturated carbocycles. The lowest BCUT2D eigenvalue weighted by molar-refractivity contribution is 0.371. The van der Waals surface area contributed by atoms with Crippen LogP contribution in [0, 0.1) is 11.6 Å². The number of hydrogen-bond donors (Lipinski definition) is 1. The van der Waals surface area contributed by atoms with Crippen molar-refractivity contribution in [3.8, 4) is 0 Å². The molecule has 1 aromatic rings. The highest BCUT2D eigenvalue weighted by Gasteiger charge is 2.29. The van der Waals surface area contributed by atoms with Crippen molar-refractivity contribution in [2.24, 2.45) is 5.73 Å². The van der Waals surface area contributed by atoms with Crippen LogP contribution in [0.5, 0.6) is 0 Å². The van der Waals surface area contributed by atoms with Gasteiger partial charge in [0.1, 0.15) is 13.0 Å². The van der Waals surface area contributed by atoms with E-state index in [0.717, 1.165) is 6.07 Å². The third-order valence-electron chi connectivity index (χ3n) is 2.19. The molecule has 0 bridgehead atoms. The molecule has 4 heteroatoms. The summed E-state index contributed by atoms with van der Waals surface area (Å²) < 4.78 is 37.8. The van der Waals surface area contributed by atoms with Crippen LogP contribution in [0.15, 0.2) is 18.2 Å². The summed E-state index contributed by atoms with van der Waals surface area (Å²) in [6, 6.07) is 3.18. The number of hydrogen-bond acceptors (Lipinski definition) is 2. The van der Waals surface area contributed by atoms with E-state index in [1.165, 1.54) is 12.1 Å². The molecule has 0 aromatic heterocycles. The van der Waals surface area contributed by atoms with Gasteiger partial charge in [-0.15, -0.1) is 0 Å². The van der Waals surface area contributed by atoms with Gasteiger partial charge in [0.25, 0.3) is 0 Å². The Morgan fingerprint density at radius 1 is 1.50 bits per heavy atom. The number of nitrogens with two attached hydrogens (primary N) is 1. The van der Waals surface area contributed by atoms with Crippen LogP contribution in [-0.2, 0) is 11.2 Å². The fourth-order valence-corrected chi connectivity index (χ4v) is 1.40. The zero-order chi connectivity index (χ0) is 10.8. The minimum Gasteiger partial charge on any atom is -0.371 e. The van der Waals surface area contributed by atoms with Gasteiger partial charge in [-0.05, 0) is 24.1 Å². The van der Waals surface area contributed by atoms with Crippen molar-refractivity contribution >= 4 is 0 Å². The maximum Gasteiger partial charge on any atom is 0.126 e. The molecule has 1 aromatic carbocycles. The lowest BCUT2D eigenvalue weighted by atomic mass is 10.0. The minimum atomic E-state index is -0.592. The quantitative estimate of drug-likeness (QED) is 0.744. The molecule has 0 aliphatic carbocycles. The summed E-state index contributed by atoms with van der Waals surface area (Å²) in [6.45, 7) is 0.606. The molecule has 2 N–H and O–H groups in total. The second-order valence-corrected chi connectivity index (χ2v) is 3.46. The Kier molecular flexibility index (Phi) is 2.16. The van der Waals surface area contributed by atoms with Crippen molar-refractivity contribution in [3.63, 3.8) is 0 Å². The SMILES string of the molecule is [3H]N[C@@H](Cc1cc(F)cc(F)c1)[C@H]1CO1. The molecule has 0 spiro atoms. The van der Waals surface area contributed by atoms with Crippen LogP contribution >= 0.6 is 0 Å². The van der Waals surface area contributed by atoms with Crippen LogP contribution in [0.3, 0.4) is 0 Å². The molecule has 2 nitrogen and oxygen atoms in total. The predicted octanol–water partition coefficient (Wildman–Crippen LogP) is 1.23. The molecule has 14 heavy (non-hydrogen) atoms. The minimum absolute atomic E-state index is 0.00571. The Morgan fingerprint density at radius 3 is 2.64 bits per heavy atom. The number of halogens is 2. The first-order valence-electron chi connectivity index (χ1n) is 4.93. The average Bonchev–Trinajstić information content (AvgIpc) is 2.95. The molecule has 2 atom stereocenters. The molecule has 1 aliphatic rings. The number of rotatable bonds is 4. The van der Waals surface area contributed by atoms with Crippen molar-refractivity contribution < 1.29 is 14.9 Å². The summed E-state index contributed by atoms with van der Waals surface area (Å²) in [5.41, 5.74) is 2.87. The second kappa shape index (κ2) is 3.63. The van der Waals surface area contributed by atoms with E-state index in [2.05, 4.69) is 5.73 Å². The molecule has 0 amide bonds. The molecule has 0 radical (unpaired) electrons. The zero-order valence-corrected chi connectivity index (χ0v) is 7.47. The van der Waals surface area contributed by atoms with Crippen molar-refractivity contribution in [3.05, 3.63) is 35.4 Å². The van der Waals surface area contributed by atoms with Crippen LogP contribution in [0.25, 0.3) is 0 Å². The van der Waals surface area contributed by atoms with E-state index >= 15 is 0 Å². The zero-order valence-electron chi connectivity index (χ0n) is 8.47. The van der Waals surface area contributed by atoms with E-state index in [0.29, 0.717) is 18.6 Å². The molecule has 2 rings (SSSR count). The Bertz CT molecular complexity index is 337. The summed E-state index contributed by atoms with van der Waals surface area (Å²) in [4.78, 5) is 0. The van der Waals surface area contributed by atoms with Crippen LogP contribution in [0.4, 0.5) is 8.78 Å². The average molecular weight is 201 g/mol. The lowest BCUT2D eigenvalue weighted by Gasteiger charge is -2.08. The van der Waals surface area contributed by atoms with E-state index in [9.17, 15) is 8.78 Å². The standard InChI is InChI=1S/C10H11F2NO/c11-7-1-6(2-8(12)4-7)3-9(13)10-5-14-10/h1-2,4,9-10H,3,5,13H2/t9-,10+/m0/s1/i/hT. The van der Waals surface area contributed by atoms with Crippen molar-refractivity contribution in [2.75, 3.05) is 6.61 Å². The van der Waals surface area contributed by atoms with E-state index < -0.39 is 11.6 Å². The molecule has 1 fully saturated rings. The van der Waals surface area contributed by atoms with Gasteiger partial charge < -0.3 is 10.5 Å². The first-order valence-corrected chi connectivity index (χ1v) is 4.43. The van der Waals surface area contributed by atoms with Crippen molar-refractivity contribution in [1.29, 1.82) is 0 Å². The van der Waals surface area contributed by atoms with Gasteiger partial charge in [-0.3, -0.25) is 0 Å². The molecule has 0 unspecified atom stereocenters. The first-order chi connectivity index (χ1) is 7.19. The summed E-state index contributed by atoms with van der Waals surface area (Å²) in [5.74, 6) is -1.18. The van der Waals surface area contributed by atoms with E-state index in [4.69, 9.17) is 6.15 Å². The number of epoxide rings is 1. The van der Waals surface area contributed by atoms with Gasteiger partial charge >= 0.3 is 0 Å². The Hall–Kier alpha value is -1.00. The Morgan fingerprint density at radius 2 is 2.14 bits per heavy atom. The maximum atomic E-state index is 12.9. The van der Waals surface area contributed by atoms with Gasteiger partial charge in [-0.2, -0.15) is 0 Å². The molecule has 1 aliphatic heterocycles. The van der Waals surface area contributed by atoms with Crippen LogP contribution in [0.2, 0.25) is 1.41 Å². The van der Waals surface area contributed by atoms with E-state index in [1.807, 2.05) is 0 Å². The topological polar surface area (TPSA) is 38.5 Å². The number of benzene rings is 1. The van der Waals surface area contributed by atoms with Gasteiger partial charge in [0, 0.05) is 12.1 Å². The van der Waals surface area contributed by atoms with Gasteiger partial charge in [0.2, 0.25) is 0 Å². The van der Waals surface area contributed by atoms with Gasteiger partial charge in [0.15, 0.2) is 0 Å². The third kappa shape index (κ3) is 2.27. The van der Waals surface area contributed by atoms with Gasteiger partial charge in [-0.1, -0.05) is 0 Å². The second-order valence-electron chi connectivity index (χ2n) is 3.46. The number of ether oxygens (including phenoxy) is 1. The molecule has 76 valence electrons. The lowest BCUT2D eigenvalue weighted by Crippen LogP contribution is -2.29. The normalized spacial score (nSPS) is 23.0. The summed E-state index contributed by atoms with van der Waals surface area (Å²) in [6.07, 6.45) is 0.386. The summed E-state index contributed by atoms with van der Waals surface area (Å²) >= 11 is 0. The smallest absolute Gasteiger partial charge is 0.126 e. The third-order valence-corrected chi connectivity index (χ3v) is 2.19. The highest BCUT2D eigenvalue weighted by Crippen LogP contribution is 2.17. The predicted molar refractivity (Wildman–Crippen MR) is 47.8 cm³/mol. The first kappa shape index (κ1) is 8.32. The van der Waals surface area contributed by atoms with Gasteiger partial charge in [-0.25, -0.2) is 8.78 Å². The van der Waals surface area contributed by atoms with Crippen LogP contribution < -0.4 is 5.73 Å². The molecular weight excluding hydrogens is 188 g/mol. The Labute approximate surface area is 82.1 Å². The Balaban J connectivity index is 2.08. The van der Waals surface area contributed by atoms with Crippen LogP contribution in [-0.4, -0.2) is 18.8 Å². The fraction of sp³-hybridized carbons (Fsp3) is 0.400. The van der Waals surface area contributed by atoms with E-state index in [-0.39, 0.29) is 12.1 Å². The highest BCUT2D eigenvalue weighted by atomic mass is 19.1. The van der Waals surface area contributed by atoms with Gasteiger partial charge in [0.05, 0.1) is 12.7 Å². The highest BCUT2D eigenvalue weighted by molar-refractivity contribution is 5.19. The van der Waals surface area contributed by atoms with Crippen molar-refractivity contribution in [2.45, 2.75) is 18.6 Å². The van der Waals surface area contributed by atoms with Crippen molar-refractivity contribution in [1.82, 2.24) is 0 Å². The summed E-state index contributed by atoms with van der Waals surface area (Å²) in [7, 11) is 0. The monoisotopic (exact) mass is 201 g/mol. The maximum absolute atomic E-state index is 12.9. The summed E-state index contributed by atoms with van der Waals surface area (Å²) in [5, 5.41) is 0. The van der Waals surface area contributed by atoms with Crippen LogP contribution in [0.1, 0.15) is 5.56 Å². The fourth-order valence-electron chi connectivity index (χ4n) is 1.40. The largest absolute Gasteiger partial charge is 0.371 e. The molecular formula is C10H11F2NO. The van der Waals surface area contributed by atoms with E-state index in [1.54, 1.807) is 0 Å². The molecule has 1 saturated heterocycles. The molecule has 1 heterocycles.